The van der Waals surface area contributed by atoms with E-state index in [1.807, 2.05) is 0 Å². The van der Waals surface area contributed by atoms with E-state index in [2.05, 4.69) is 5.10 Å². The molecule has 4 rings (SSSR count). The maximum absolute atomic E-state index is 14.7. The molecule has 0 fully saturated rings. The topological polar surface area (TPSA) is 72.2 Å². The molecule has 168 valence electrons. The normalized spacial score (nSPS) is 16.8. The van der Waals surface area contributed by atoms with Crippen LogP contribution in [0.4, 0.5) is 13.2 Å². The van der Waals surface area contributed by atoms with E-state index in [4.69, 9.17) is 4.55 Å². The van der Waals surface area contributed by atoms with Crippen LogP contribution in [0.3, 0.4) is 0 Å². The second-order valence-electron chi connectivity index (χ2n) is 7.85. The molecule has 5 nitrogen and oxygen atoms in total. The molecule has 0 saturated heterocycles. The zero-order valence-corrected chi connectivity index (χ0v) is 17.8. The predicted octanol–water partition coefficient (Wildman–Crippen LogP) is 5.20. The van der Waals surface area contributed by atoms with Crippen LogP contribution in [0, 0.1) is 17.5 Å². The molecular formula is C23H21F3N2O3S. The highest BCUT2D eigenvalue weighted by Gasteiger charge is 2.28. The fraction of sp³-hybridized carbons (Fsp3) is 0.261. The Hall–Kier alpha value is -2.91. The first kappa shape index (κ1) is 22.3. The Morgan fingerprint density at radius 3 is 2.47 bits per heavy atom. The minimum Gasteiger partial charge on any atom is -0.282 e. The first-order valence-corrected chi connectivity index (χ1v) is 11.7. The molecule has 1 heterocycles. The number of rotatable bonds is 5. The molecule has 0 saturated carbocycles. The van der Waals surface area contributed by atoms with Crippen molar-refractivity contribution in [2.45, 2.75) is 38.0 Å². The molecule has 1 atom stereocenters. The molecule has 0 spiro atoms. The van der Waals surface area contributed by atoms with Crippen LogP contribution in [-0.2, 0) is 23.0 Å². The van der Waals surface area contributed by atoms with Crippen LogP contribution < -0.4 is 0 Å². The molecule has 32 heavy (non-hydrogen) atoms. The lowest BCUT2D eigenvalue weighted by Crippen LogP contribution is -2.12. The van der Waals surface area contributed by atoms with Crippen molar-refractivity contribution in [3.8, 4) is 5.69 Å². The minimum absolute atomic E-state index is 0.0418. The Morgan fingerprint density at radius 1 is 1.06 bits per heavy atom. The van der Waals surface area contributed by atoms with E-state index in [1.165, 1.54) is 29.0 Å². The van der Waals surface area contributed by atoms with Crippen molar-refractivity contribution >= 4 is 16.2 Å². The molecule has 1 aliphatic carbocycles. The number of halogens is 3. The average Bonchev–Trinajstić information content (AvgIpc) is 2.95. The van der Waals surface area contributed by atoms with Gasteiger partial charge in [-0.1, -0.05) is 18.6 Å². The molecule has 1 aliphatic rings. The van der Waals surface area contributed by atoms with Crippen LogP contribution >= 0.6 is 0 Å². The molecule has 2 aromatic carbocycles. The van der Waals surface area contributed by atoms with Gasteiger partial charge in [0.05, 0.1) is 16.8 Å². The van der Waals surface area contributed by atoms with E-state index in [1.54, 1.807) is 12.1 Å². The Morgan fingerprint density at radius 2 is 1.78 bits per heavy atom. The zero-order chi connectivity index (χ0) is 22.9. The van der Waals surface area contributed by atoms with Gasteiger partial charge in [-0.2, -0.15) is 13.5 Å². The number of fused-ring (bicyclic) bond motifs is 1. The van der Waals surface area contributed by atoms with Gasteiger partial charge in [0.2, 0.25) is 0 Å². The van der Waals surface area contributed by atoms with Gasteiger partial charge in [-0.15, -0.1) is 0 Å². The molecular weight excluding hydrogens is 441 g/mol. The fourth-order valence-corrected chi connectivity index (χ4v) is 4.51. The van der Waals surface area contributed by atoms with Gasteiger partial charge in [0, 0.05) is 17.5 Å². The summed E-state index contributed by atoms with van der Waals surface area (Å²) in [7, 11) is -4.38. The minimum atomic E-state index is -4.38. The zero-order valence-electron chi connectivity index (χ0n) is 17.0. The Kier molecular flexibility index (Phi) is 6.21. The van der Waals surface area contributed by atoms with Crippen LogP contribution in [0.2, 0.25) is 0 Å². The van der Waals surface area contributed by atoms with Gasteiger partial charge >= 0.3 is 0 Å². The van der Waals surface area contributed by atoms with Crippen molar-refractivity contribution in [3.05, 3.63) is 87.8 Å². The largest absolute Gasteiger partial charge is 0.287 e. The smallest absolute Gasteiger partial charge is 0.282 e. The molecule has 0 radical (unpaired) electrons. The number of aromatic nitrogens is 2. The maximum atomic E-state index is 14.7. The first-order chi connectivity index (χ1) is 15.2. The summed E-state index contributed by atoms with van der Waals surface area (Å²) in [5.74, 6) is -1.97. The van der Waals surface area contributed by atoms with Crippen molar-refractivity contribution in [2.75, 3.05) is 0 Å². The summed E-state index contributed by atoms with van der Waals surface area (Å²) in [6.45, 7) is 0. The van der Waals surface area contributed by atoms with Crippen molar-refractivity contribution in [2.24, 2.45) is 0 Å². The third-order valence-corrected chi connectivity index (χ3v) is 6.08. The molecule has 3 aromatic rings. The highest BCUT2D eigenvalue weighted by Crippen LogP contribution is 2.37. The van der Waals surface area contributed by atoms with Gasteiger partial charge < -0.3 is 0 Å². The van der Waals surface area contributed by atoms with E-state index in [9.17, 15) is 21.6 Å². The lowest BCUT2D eigenvalue weighted by molar-refractivity contribution is 0.494. The Bertz CT molecular complexity index is 1270. The van der Waals surface area contributed by atoms with Crippen LogP contribution in [0.15, 0.2) is 47.9 Å². The summed E-state index contributed by atoms with van der Waals surface area (Å²) in [6, 6.07) is 9.33. The number of benzene rings is 2. The summed E-state index contributed by atoms with van der Waals surface area (Å²) in [5.41, 5.74) is 2.68. The highest BCUT2D eigenvalue weighted by atomic mass is 32.2. The third-order valence-electron chi connectivity index (χ3n) is 5.60. The standard InChI is InChI=1S/C23H21F3N2O3S/c24-17-7-5-15(6-8-17)13-16-3-1-2-4-19-21(11-12-32(29,30)31)27-28(23(16)19)22-10-9-18(25)14-20(22)26/h5-12,14,16H,1-4,13H2,(H,29,30,31). The fourth-order valence-electron chi connectivity index (χ4n) is 4.21. The van der Waals surface area contributed by atoms with Gasteiger partial charge in [-0.25, -0.2) is 17.9 Å². The number of hydrogen-bond acceptors (Lipinski definition) is 3. The molecule has 1 unspecified atom stereocenters. The second-order valence-corrected chi connectivity index (χ2v) is 9.15. The van der Waals surface area contributed by atoms with Gasteiger partial charge in [-0.05, 0) is 61.6 Å². The quantitative estimate of drug-likeness (QED) is 0.418. The van der Waals surface area contributed by atoms with Crippen LogP contribution in [0.1, 0.15) is 47.7 Å². The van der Waals surface area contributed by atoms with E-state index < -0.39 is 21.8 Å². The van der Waals surface area contributed by atoms with Crippen molar-refractivity contribution in [3.63, 3.8) is 0 Å². The average molecular weight is 462 g/mol. The highest BCUT2D eigenvalue weighted by molar-refractivity contribution is 7.88. The van der Waals surface area contributed by atoms with Crippen LogP contribution in [0.25, 0.3) is 11.8 Å². The monoisotopic (exact) mass is 462 g/mol. The summed E-state index contributed by atoms with van der Waals surface area (Å²) >= 11 is 0. The second kappa shape index (κ2) is 8.91. The number of nitrogens with zero attached hydrogens (tertiary/aromatic N) is 2. The molecule has 1 N–H and O–H groups in total. The van der Waals surface area contributed by atoms with E-state index in [-0.39, 0.29) is 17.4 Å². The summed E-state index contributed by atoms with van der Waals surface area (Å²) < 4.78 is 74.6. The maximum Gasteiger partial charge on any atom is 0.287 e. The van der Waals surface area contributed by atoms with Crippen molar-refractivity contribution in [1.29, 1.82) is 0 Å². The van der Waals surface area contributed by atoms with Crippen LogP contribution in [-0.4, -0.2) is 22.8 Å². The van der Waals surface area contributed by atoms with E-state index in [0.717, 1.165) is 42.5 Å². The van der Waals surface area contributed by atoms with Gasteiger partial charge in [0.1, 0.15) is 17.3 Å². The third kappa shape index (κ3) is 4.94. The molecule has 9 heteroatoms. The number of hydrogen-bond donors (Lipinski definition) is 1. The SMILES string of the molecule is O=S(=O)(O)C=Cc1nn(-c2ccc(F)cc2F)c2c1CCCCC2Cc1ccc(F)cc1. The lowest BCUT2D eigenvalue weighted by Gasteiger charge is -2.19. The van der Waals surface area contributed by atoms with Crippen molar-refractivity contribution in [1.82, 2.24) is 9.78 Å². The molecule has 0 bridgehead atoms. The van der Waals surface area contributed by atoms with Crippen molar-refractivity contribution < 1.29 is 26.1 Å². The molecule has 0 aliphatic heterocycles. The Balaban J connectivity index is 1.88. The summed E-state index contributed by atoms with van der Waals surface area (Å²) in [4.78, 5) is 0. The van der Waals surface area contributed by atoms with Gasteiger partial charge in [0.15, 0.2) is 5.82 Å². The predicted molar refractivity (Wildman–Crippen MR) is 114 cm³/mol. The lowest BCUT2D eigenvalue weighted by atomic mass is 9.91. The molecule has 1 aromatic heterocycles. The molecule has 0 amide bonds. The summed E-state index contributed by atoms with van der Waals surface area (Å²) in [5, 5.41) is 5.07. The summed E-state index contributed by atoms with van der Waals surface area (Å²) in [6.07, 6.45) is 4.78. The Labute approximate surface area is 184 Å². The first-order valence-electron chi connectivity index (χ1n) is 10.2. The van der Waals surface area contributed by atoms with Gasteiger partial charge in [-0.3, -0.25) is 4.55 Å². The van der Waals surface area contributed by atoms with E-state index in [0.29, 0.717) is 29.6 Å². The van der Waals surface area contributed by atoms with Crippen LogP contribution in [0.5, 0.6) is 0 Å². The van der Waals surface area contributed by atoms with Gasteiger partial charge in [0.25, 0.3) is 10.1 Å². The van der Waals surface area contributed by atoms with E-state index >= 15 is 0 Å².